The van der Waals surface area contributed by atoms with Crippen LogP contribution in [-0.4, -0.2) is 56.7 Å². The summed E-state index contributed by atoms with van der Waals surface area (Å²) in [6.45, 7) is 4.11. The van der Waals surface area contributed by atoms with Crippen LogP contribution in [0.5, 0.6) is 0 Å². The molecule has 2 heterocycles. The molecule has 3 rings (SSSR count). The molecular weight excluding hydrogens is 477 g/mol. The van der Waals surface area contributed by atoms with Crippen LogP contribution in [0.1, 0.15) is 17.7 Å². The van der Waals surface area contributed by atoms with Gasteiger partial charge in [0.1, 0.15) is 5.82 Å². The number of hydrogen-bond acceptors (Lipinski definition) is 4. The van der Waals surface area contributed by atoms with E-state index in [1.165, 1.54) is 5.56 Å². The monoisotopic (exact) mass is 509 g/mol. The summed E-state index contributed by atoms with van der Waals surface area (Å²) in [4.78, 5) is 13.4. The van der Waals surface area contributed by atoms with Gasteiger partial charge >= 0.3 is 0 Å². The summed E-state index contributed by atoms with van der Waals surface area (Å²) in [5, 5.41) is 3.45. The van der Waals surface area contributed by atoms with Gasteiger partial charge in [-0.25, -0.2) is 4.98 Å². The molecule has 1 aliphatic rings. The van der Waals surface area contributed by atoms with Gasteiger partial charge in [0.2, 0.25) is 0 Å². The number of benzene rings is 1. The number of nitrogens with zero attached hydrogens (tertiary/aromatic N) is 4. The van der Waals surface area contributed by atoms with Gasteiger partial charge in [0.15, 0.2) is 5.96 Å². The highest BCUT2D eigenvalue weighted by atomic mass is 127. The molecule has 1 aromatic heterocycles. The van der Waals surface area contributed by atoms with Crippen LogP contribution in [0.4, 0.5) is 5.82 Å². The molecule has 158 valence electrons. The number of aliphatic imine (C=N–C) groups is 1. The molecule has 1 aromatic carbocycles. The highest BCUT2D eigenvalue weighted by Gasteiger charge is 2.25. The third-order valence-electron chi connectivity index (χ3n) is 4.94. The molecular formula is C22H32IN5O. The Morgan fingerprint density at radius 2 is 2.00 bits per heavy atom. The molecule has 1 unspecified atom stereocenters. The van der Waals surface area contributed by atoms with Crippen molar-refractivity contribution in [3.8, 4) is 0 Å². The third-order valence-corrected chi connectivity index (χ3v) is 4.94. The van der Waals surface area contributed by atoms with Crippen molar-refractivity contribution in [1.82, 2.24) is 15.2 Å². The van der Waals surface area contributed by atoms with Gasteiger partial charge in [0.05, 0.1) is 25.5 Å². The highest BCUT2D eigenvalue weighted by Crippen LogP contribution is 2.17. The minimum absolute atomic E-state index is 0. The maximum Gasteiger partial charge on any atom is 0.193 e. The predicted octanol–water partition coefficient (Wildman–Crippen LogP) is 3.38. The van der Waals surface area contributed by atoms with Crippen molar-refractivity contribution >= 4 is 35.8 Å². The van der Waals surface area contributed by atoms with Gasteiger partial charge in [-0.1, -0.05) is 36.4 Å². The normalized spacial score (nSPS) is 16.4. The lowest BCUT2D eigenvalue weighted by molar-refractivity contribution is 0.0906. The van der Waals surface area contributed by atoms with Crippen LogP contribution in [0.25, 0.3) is 0 Å². The number of ether oxygens (including phenoxy) is 1. The van der Waals surface area contributed by atoms with Crippen LogP contribution >= 0.6 is 24.0 Å². The van der Waals surface area contributed by atoms with E-state index in [0.717, 1.165) is 43.6 Å². The van der Waals surface area contributed by atoms with E-state index in [-0.39, 0.29) is 24.0 Å². The molecule has 0 amide bonds. The van der Waals surface area contributed by atoms with Crippen LogP contribution in [0.15, 0.2) is 53.5 Å². The van der Waals surface area contributed by atoms with Gasteiger partial charge in [-0.05, 0) is 24.1 Å². The van der Waals surface area contributed by atoms with E-state index in [4.69, 9.17) is 4.74 Å². The first kappa shape index (κ1) is 23.4. The number of hydrogen-bond donors (Lipinski definition) is 1. The quantitative estimate of drug-likeness (QED) is 0.353. The average Bonchev–Trinajstić information content (AvgIpc) is 3.18. The number of pyridine rings is 1. The number of nitrogens with one attached hydrogen (secondary N) is 1. The number of anilines is 1. The summed E-state index contributed by atoms with van der Waals surface area (Å²) in [6.07, 6.45) is 1.13. The summed E-state index contributed by atoms with van der Waals surface area (Å²) in [6, 6.07) is 16.4. The number of halogens is 1. The van der Waals surface area contributed by atoms with E-state index >= 15 is 0 Å². The average molecular weight is 509 g/mol. The van der Waals surface area contributed by atoms with Gasteiger partial charge in [-0.3, -0.25) is 4.99 Å². The molecule has 29 heavy (non-hydrogen) atoms. The number of rotatable bonds is 7. The molecule has 1 saturated heterocycles. The Kier molecular flexibility index (Phi) is 9.66. The molecule has 6 nitrogen and oxygen atoms in total. The lowest BCUT2D eigenvalue weighted by atomic mass is 10.1. The Balaban J connectivity index is 0.00000300. The second-order valence-electron chi connectivity index (χ2n) is 7.38. The Morgan fingerprint density at radius 3 is 2.72 bits per heavy atom. The number of guanidine groups is 1. The largest absolute Gasteiger partial charge is 0.376 e. The Morgan fingerprint density at radius 1 is 1.21 bits per heavy atom. The van der Waals surface area contributed by atoms with Crippen molar-refractivity contribution in [2.45, 2.75) is 19.6 Å². The molecule has 0 saturated carbocycles. The molecule has 2 aromatic rings. The molecule has 1 N–H and O–H groups in total. The fourth-order valence-corrected chi connectivity index (χ4v) is 3.40. The fraction of sp³-hybridized carbons (Fsp3) is 0.455. The zero-order valence-corrected chi connectivity index (χ0v) is 19.9. The van der Waals surface area contributed by atoms with E-state index < -0.39 is 0 Å². The standard InChI is InChI=1S/C22H31N5O.HI/c1-23-22(24-14-20-10-7-11-21(25-20)26(2)3)27-13-12-19(15-27)17-28-16-18-8-5-4-6-9-18;/h4-11,19H,12-17H2,1-3H3,(H,23,24);1H. The summed E-state index contributed by atoms with van der Waals surface area (Å²) in [5.41, 5.74) is 2.23. The van der Waals surface area contributed by atoms with Gasteiger partial charge in [-0.2, -0.15) is 0 Å². The van der Waals surface area contributed by atoms with Crippen LogP contribution in [-0.2, 0) is 17.9 Å². The summed E-state index contributed by atoms with van der Waals surface area (Å²) < 4.78 is 5.93. The van der Waals surface area contributed by atoms with E-state index in [2.05, 4.69) is 44.5 Å². The Labute approximate surface area is 191 Å². The predicted molar refractivity (Wildman–Crippen MR) is 130 cm³/mol. The van der Waals surface area contributed by atoms with Crippen molar-refractivity contribution in [2.75, 3.05) is 45.7 Å². The summed E-state index contributed by atoms with van der Waals surface area (Å²) in [7, 11) is 5.84. The lowest BCUT2D eigenvalue weighted by Gasteiger charge is -2.22. The van der Waals surface area contributed by atoms with Crippen LogP contribution < -0.4 is 10.2 Å². The first-order valence-corrected chi connectivity index (χ1v) is 9.86. The molecule has 0 aliphatic carbocycles. The number of likely N-dealkylation sites (tertiary alicyclic amines) is 1. The van der Waals surface area contributed by atoms with Crippen LogP contribution in [0.3, 0.4) is 0 Å². The van der Waals surface area contributed by atoms with Gasteiger partial charge in [0, 0.05) is 40.2 Å². The Hall–Kier alpha value is -1.87. The maximum absolute atomic E-state index is 5.93. The van der Waals surface area contributed by atoms with Gasteiger partial charge in [0.25, 0.3) is 0 Å². The summed E-state index contributed by atoms with van der Waals surface area (Å²) >= 11 is 0. The first-order chi connectivity index (χ1) is 13.7. The molecule has 1 atom stereocenters. The van der Waals surface area contributed by atoms with Crippen LogP contribution in [0, 0.1) is 5.92 Å². The van der Waals surface area contributed by atoms with Crippen molar-refractivity contribution in [3.05, 3.63) is 59.8 Å². The smallest absolute Gasteiger partial charge is 0.193 e. The maximum atomic E-state index is 5.93. The molecule has 0 radical (unpaired) electrons. The van der Waals surface area contributed by atoms with E-state index in [9.17, 15) is 0 Å². The third kappa shape index (κ3) is 7.15. The topological polar surface area (TPSA) is 53.0 Å². The molecule has 1 fully saturated rings. The second kappa shape index (κ2) is 12.0. The lowest BCUT2D eigenvalue weighted by Crippen LogP contribution is -2.40. The van der Waals surface area contributed by atoms with Crippen LogP contribution in [0.2, 0.25) is 0 Å². The molecule has 0 bridgehead atoms. The minimum atomic E-state index is 0. The van der Waals surface area contributed by atoms with Crippen molar-refractivity contribution in [2.24, 2.45) is 10.9 Å². The second-order valence-corrected chi connectivity index (χ2v) is 7.38. The highest BCUT2D eigenvalue weighted by molar-refractivity contribution is 14.0. The van der Waals surface area contributed by atoms with E-state index in [1.807, 2.05) is 50.3 Å². The van der Waals surface area contributed by atoms with Gasteiger partial charge in [-0.15, -0.1) is 24.0 Å². The molecule has 0 spiro atoms. The molecule has 7 heteroatoms. The van der Waals surface area contributed by atoms with E-state index in [1.54, 1.807) is 0 Å². The van der Waals surface area contributed by atoms with Crippen molar-refractivity contribution in [3.63, 3.8) is 0 Å². The fourth-order valence-electron chi connectivity index (χ4n) is 3.40. The Bertz CT molecular complexity index is 769. The van der Waals surface area contributed by atoms with Gasteiger partial charge < -0.3 is 19.9 Å². The zero-order valence-electron chi connectivity index (χ0n) is 17.5. The SMILES string of the molecule is CN=C(NCc1cccc(N(C)C)n1)N1CCC(COCc2ccccc2)C1.I. The number of aromatic nitrogens is 1. The first-order valence-electron chi connectivity index (χ1n) is 9.86. The summed E-state index contributed by atoms with van der Waals surface area (Å²) in [5.74, 6) is 2.44. The zero-order chi connectivity index (χ0) is 19.8. The van der Waals surface area contributed by atoms with E-state index in [0.29, 0.717) is 19.1 Å². The van der Waals surface area contributed by atoms with Crippen molar-refractivity contribution < 1.29 is 4.74 Å². The molecule has 1 aliphatic heterocycles. The van der Waals surface area contributed by atoms with Crippen molar-refractivity contribution in [1.29, 1.82) is 0 Å². The minimum Gasteiger partial charge on any atom is -0.376 e.